The Balaban J connectivity index is 1.91. The Hall–Kier alpha value is -2.60. The molecule has 0 spiro atoms. The first-order chi connectivity index (χ1) is 13.3. The highest BCUT2D eigenvalue weighted by molar-refractivity contribution is 7.80. The first-order valence-corrected chi connectivity index (χ1v) is 9.87. The predicted octanol–water partition coefficient (Wildman–Crippen LogP) is 5.03. The maximum Gasteiger partial charge on any atom is 0.261 e. The maximum atomic E-state index is 12.5. The molecule has 0 radical (unpaired) electrons. The third kappa shape index (κ3) is 7.19. The van der Waals surface area contributed by atoms with Crippen LogP contribution in [-0.4, -0.2) is 23.7 Å². The van der Waals surface area contributed by atoms with Crippen LogP contribution in [0.2, 0.25) is 0 Å². The van der Waals surface area contributed by atoms with Gasteiger partial charge >= 0.3 is 0 Å². The van der Waals surface area contributed by atoms with Crippen LogP contribution in [0.5, 0.6) is 11.5 Å². The van der Waals surface area contributed by atoms with E-state index in [1.165, 1.54) is 0 Å². The zero-order valence-corrected chi connectivity index (χ0v) is 17.6. The van der Waals surface area contributed by atoms with Gasteiger partial charge in [-0.25, -0.2) is 0 Å². The lowest BCUT2D eigenvalue weighted by Crippen LogP contribution is -2.34. The van der Waals surface area contributed by atoms with E-state index in [4.69, 9.17) is 21.7 Å². The summed E-state index contributed by atoms with van der Waals surface area (Å²) in [4.78, 5) is 12.5. The van der Waals surface area contributed by atoms with E-state index in [1.54, 1.807) is 18.2 Å². The number of amides is 1. The van der Waals surface area contributed by atoms with Gasteiger partial charge < -0.3 is 14.8 Å². The molecule has 0 atom stereocenters. The van der Waals surface area contributed by atoms with Crippen molar-refractivity contribution in [2.45, 2.75) is 40.2 Å². The fourth-order valence-corrected chi connectivity index (χ4v) is 2.60. The number of hydrogen-bond acceptors (Lipinski definition) is 4. The van der Waals surface area contributed by atoms with Crippen LogP contribution in [0, 0.1) is 5.92 Å². The van der Waals surface area contributed by atoms with E-state index in [-0.39, 0.29) is 17.1 Å². The minimum atomic E-state index is -0.317. The summed E-state index contributed by atoms with van der Waals surface area (Å²) in [5.41, 5.74) is 1.21. The number of para-hydroxylation sites is 1. The molecule has 2 aromatic carbocycles. The minimum absolute atomic E-state index is 0.0275. The fraction of sp³-hybridized carbons (Fsp3) is 0.364. The lowest BCUT2D eigenvalue weighted by Gasteiger charge is -2.15. The lowest BCUT2D eigenvalue weighted by molar-refractivity contribution is 0.0972. The normalized spacial score (nSPS) is 10.6. The number of ether oxygens (including phenoxy) is 2. The van der Waals surface area contributed by atoms with Gasteiger partial charge in [-0.3, -0.25) is 10.1 Å². The maximum absolute atomic E-state index is 12.5. The molecule has 0 aromatic heterocycles. The molecule has 2 aromatic rings. The molecule has 0 bridgehead atoms. The molecule has 1 amide bonds. The molecular weight excluding hydrogens is 372 g/mol. The largest absolute Gasteiger partial charge is 0.494 e. The van der Waals surface area contributed by atoms with E-state index < -0.39 is 0 Å². The molecule has 150 valence electrons. The molecule has 28 heavy (non-hydrogen) atoms. The molecule has 2 N–H and O–H groups in total. The van der Waals surface area contributed by atoms with Crippen LogP contribution < -0.4 is 20.1 Å². The molecule has 0 saturated heterocycles. The number of carbonyl (C=O) groups is 1. The topological polar surface area (TPSA) is 59.6 Å². The Morgan fingerprint density at radius 3 is 2.36 bits per heavy atom. The summed E-state index contributed by atoms with van der Waals surface area (Å²) in [5.74, 6) is 1.63. The number of anilines is 1. The Labute approximate surface area is 172 Å². The first-order valence-electron chi connectivity index (χ1n) is 9.46. The van der Waals surface area contributed by atoms with Gasteiger partial charge in [0.1, 0.15) is 11.5 Å². The Morgan fingerprint density at radius 2 is 1.71 bits per heavy atom. The molecule has 2 rings (SSSR count). The van der Waals surface area contributed by atoms with Crippen molar-refractivity contribution in [1.29, 1.82) is 0 Å². The van der Waals surface area contributed by atoms with Gasteiger partial charge in [0, 0.05) is 5.69 Å². The van der Waals surface area contributed by atoms with Gasteiger partial charge in [-0.2, -0.15) is 0 Å². The van der Waals surface area contributed by atoms with Crippen molar-refractivity contribution >= 4 is 28.9 Å². The molecule has 0 aliphatic carbocycles. The average Bonchev–Trinajstić information content (AvgIpc) is 2.62. The lowest BCUT2D eigenvalue weighted by atomic mass is 10.1. The molecule has 5 nitrogen and oxygen atoms in total. The highest BCUT2D eigenvalue weighted by atomic mass is 32.1. The van der Waals surface area contributed by atoms with Crippen molar-refractivity contribution in [3.05, 3.63) is 54.1 Å². The predicted molar refractivity (Wildman–Crippen MR) is 117 cm³/mol. The molecular formula is C22H28N2O3S. The van der Waals surface area contributed by atoms with E-state index in [9.17, 15) is 4.79 Å². The number of rotatable bonds is 8. The fourth-order valence-electron chi connectivity index (χ4n) is 2.39. The van der Waals surface area contributed by atoms with Crippen molar-refractivity contribution in [3.8, 4) is 11.5 Å². The van der Waals surface area contributed by atoms with E-state index in [0.717, 1.165) is 17.9 Å². The van der Waals surface area contributed by atoms with Gasteiger partial charge in [-0.1, -0.05) is 26.0 Å². The third-order valence-electron chi connectivity index (χ3n) is 3.80. The van der Waals surface area contributed by atoms with Gasteiger partial charge in [-0.05, 0) is 74.8 Å². The first kappa shape index (κ1) is 21.7. The van der Waals surface area contributed by atoms with Gasteiger partial charge in [0.2, 0.25) is 0 Å². The summed E-state index contributed by atoms with van der Waals surface area (Å²) in [6.07, 6.45) is 0.985. The standard InChI is InChI=1S/C22H28N2O3S/c1-15(2)13-14-26-18-11-9-17(10-12-18)23-22(28)24-21(25)19-7-5-6-8-20(19)27-16(3)4/h5-12,15-16H,13-14H2,1-4H3,(H2,23,24,25,28). The Kier molecular flexibility index (Phi) is 8.26. The third-order valence-corrected chi connectivity index (χ3v) is 4.00. The summed E-state index contributed by atoms with van der Waals surface area (Å²) in [6, 6.07) is 14.6. The van der Waals surface area contributed by atoms with Crippen LogP contribution in [0.25, 0.3) is 0 Å². The van der Waals surface area contributed by atoms with Gasteiger partial charge in [0.25, 0.3) is 5.91 Å². The summed E-state index contributed by atoms with van der Waals surface area (Å²) in [5, 5.41) is 5.92. The van der Waals surface area contributed by atoms with E-state index >= 15 is 0 Å². The smallest absolute Gasteiger partial charge is 0.261 e. The highest BCUT2D eigenvalue weighted by Gasteiger charge is 2.14. The van der Waals surface area contributed by atoms with E-state index in [2.05, 4.69) is 24.5 Å². The Morgan fingerprint density at radius 1 is 1.04 bits per heavy atom. The summed E-state index contributed by atoms with van der Waals surface area (Å²) >= 11 is 5.26. The zero-order chi connectivity index (χ0) is 20.5. The van der Waals surface area contributed by atoms with Crippen LogP contribution >= 0.6 is 12.2 Å². The minimum Gasteiger partial charge on any atom is -0.494 e. The monoisotopic (exact) mass is 400 g/mol. The number of nitrogens with one attached hydrogen (secondary N) is 2. The van der Waals surface area contributed by atoms with Gasteiger partial charge in [0.05, 0.1) is 18.3 Å². The van der Waals surface area contributed by atoms with Crippen LogP contribution in [0.15, 0.2) is 48.5 Å². The molecule has 0 fully saturated rings. The number of hydrogen-bond donors (Lipinski definition) is 2. The zero-order valence-electron chi connectivity index (χ0n) is 16.8. The summed E-state index contributed by atoms with van der Waals surface area (Å²) in [6.45, 7) is 8.85. The molecule has 0 aliphatic heterocycles. The van der Waals surface area contributed by atoms with Crippen LogP contribution in [0.1, 0.15) is 44.5 Å². The second-order valence-corrected chi connectivity index (χ2v) is 7.53. The number of thiocarbonyl (C=S) groups is 1. The van der Waals surface area contributed by atoms with Crippen LogP contribution in [-0.2, 0) is 0 Å². The summed E-state index contributed by atoms with van der Waals surface area (Å²) in [7, 11) is 0. The quantitative estimate of drug-likeness (QED) is 0.609. The average molecular weight is 401 g/mol. The van der Waals surface area contributed by atoms with Gasteiger partial charge in [0.15, 0.2) is 5.11 Å². The molecule has 0 saturated carbocycles. The van der Waals surface area contributed by atoms with E-state index in [1.807, 2.05) is 44.2 Å². The molecule has 0 heterocycles. The van der Waals surface area contributed by atoms with E-state index in [0.29, 0.717) is 23.8 Å². The number of benzene rings is 2. The van der Waals surface area contributed by atoms with Crippen molar-refractivity contribution in [1.82, 2.24) is 5.32 Å². The van der Waals surface area contributed by atoms with Crippen molar-refractivity contribution in [2.75, 3.05) is 11.9 Å². The second-order valence-electron chi connectivity index (χ2n) is 7.13. The molecule has 6 heteroatoms. The summed E-state index contributed by atoms with van der Waals surface area (Å²) < 4.78 is 11.4. The second kappa shape index (κ2) is 10.7. The van der Waals surface area contributed by atoms with Crippen LogP contribution in [0.4, 0.5) is 5.69 Å². The highest BCUT2D eigenvalue weighted by Crippen LogP contribution is 2.20. The van der Waals surface area contributed by atoms with Gasteiger partial charge in [-0.15, -0.1) is 0 Å². The van der Waals surface area contributed by atoms with Crippen LogP contribution in [0.3, 0.4) is 0 Å². The van der Waals surface area contributed by atoms with Crippen molar-refractivity contribution in [3.63, 3.8) is 0 Å². The molecule has 0 unspecified atom stereocenters. The SMILES string of the molecule is CC(C)CCOc1ccc(NC(=S)NC(=O)c2ccccc2OC(C)C)cc1. The van der Waals surface area contributed by atoms with Crippen molar-refractivity contribution in [2.24, 2.45) is 5.92 Å². The molecule has 0 aliphatic rings. The van der Waals surface area contributed by atoms with Crippen molar-refractivity contribution < 1.29 is 14.3 Å². The number of carbonyl (C=O) groups excluding carboxylic acids is 1. The Bertz CT molecular complexity index is 789.